The second kappa shape index (κ2) is 5.04. The molecular formula is C14H16FN3. The summed E-state index contributed by atoms with van der Waals surface area (Å²) in [6.07, 6.45) is 0.660. The zero-order valence-corrected chi connectivity index (χ0v) is 10.5. The third-order valence-corrected chi connectivity index (χ3v) is 2.76. The lowest BCUT2D eigenvalue weighted by Crippen LogP contribution is -2.12. The highest BCUT2D eigenvalue weighted by Crippen LogP contribution is 2.18. The van der Waals surface area contributed by atoms with Crippen molar-refractivity contribution in [3.63, 3.8) is 0 Å². The lowest BCUT2D eigenvalue weighted by atomic mass is 10.1. The van der Waals surface area contributed by atoms with Crippen LogP contribution < -0.4 is 10.6 Å². The third kappa shape index (κ3) is 2.77. The van der Waals surface area contributed by atoms with Gasteiger partial charge in [0.15, 0.2) is 0 Å². The van der Waals surface area contributed by atoms with E-state index in [1.165, 1.54) is 12.1 Å². The number of pyridine rings is 1. The predicted molar refractivity (Wildman–Crippen MR) is 72.2 cm³/mol. The van der Waals surface area contributed by atoms with Crippen LogP contribution in [0.15, 0.2) is 36.4 Å². The standard InChI is InChI=1S/C14H16FN3/c1-18(2)13-8-5-11(14(16)17-13)9-10-3-6-12(15)7-4-10/h3-8H,9H2,1-2H3,(H2,16,17). The zero-order valence-electron chi connectivity index (χ0n) is 10.5. The normalized spacial score (nSPS) is 10.4. The van der Waals surface area contributed by atoms with Gasteiger partial charge < -0.3 is 10.6 Å². The monoisotopic (exact) mass is 245 g/mol. The molecule has 0 spiro atoms. The molecule has 1 heterocycles. The summed E-state index contributed by atoms with van der Waals surface area (Å²) in [5.41, 5.74) is 7.89. The number of nitrogens with zero attached hydrogens (tertiary/aromatic N) is 2. The van der Waals surface area contributed by atoms with Gasteiger partial charge in [-0.05, 0) is 29.3 Å². The molecule has 0 saturated carbocycles. The fourth-order valence-electron chi connectivity index (χ4n) is 1.71. The van der Waals surface area contributed by atoms with Crippen molar-refractivity contribution < 1.29 is 4.39 Å². The first-order valence-electron chi connectivity index (χ1n) is 5.73. The van der Waals surface area contributed by atoms with E-state index in [0.717, 1.165) is 16.9 Å². The first-order chi connectivity index (χ1) is 8.56. The number of nitrogens with two attached hydrogens (primary N) is 1. The molecule has 0 saturated heterocycles. The van der Waals surface area contributed by atoms with Crippen LogP contribution >= 0.6 is 0 Å². The Morgan fingerprint density at radius 3 is 2.33 bits per heavy atom. The Kier molecular flexibility index (Phi) is 3.46. The Bertz CT molecular complexity index is 535. The van der Waals surface area contributed by atoms with Gasteiger partial charge in [0.2, 0.25) is 0 Å². The summed E-state index contributed by atoms with van der Waals surface area (Å²) in [6.45, 7) is 0. The SMILES string of the molecule is CN(C)c1ccc(Cc2ccc(F)cc2)c(N)n1. The van der Waals surface area contributed by atoms with Crippen LogP contribution in [-0.4, -0.2) is 19.1 Å². The number of hydrogen-bond donors (Lipinski definition) is 1. The van der Waals surface area contributed by atoms with Gasteiger partial charge in [-0.25, -0.2) is 9.37 Å². The van der Waals surface area contributed by atoms with Gasteiger partial charge in [-0.2, -0.15) is 0 Å². The third-order valence-electron chi connectivity index (χ3n) is 2.76. The van der Waals surface area contributed by atoms with Crippen molar-refractivity contribution in [3.05, 3.63) is 53.3 Å². The van der Waals surface area contributed by atoms with Crippen molar-refractivity contribution in [1.82, 2.24) is 4.98 Å². The number of anilines is 2. The minimum Gasteiger partial charge on any atom is -0.383 e. The Labute approximate surface area is 106 Å². The van der Waals surface area contributed by atoms with Crippen molar-refractivity contribution >= 4 is 11.6 Å². The van der Waals surface area contributed by atoms with Gasteiger partial charge in [0.25, 0.3) is 0 Å². The van der Waals surface area contributed by atoms with Gasteiger partial charge in [0.1, 0.15) is 17.5 Å². The fraction of sp³-hybridized carbons (Fsp3) is 0.214. The molecule has 4 heteroatoms. The highest BCUT2D eigenvalue weighted by molar-refractivity contribution is 5.50. The maximum Gasteiger partial charge on any atom is 0.130 e. The fourth-order valence-corrected chi connectivity index (χ4v) is 1.71. The predicted octanol–water partition coefficient (Wildman–Crippen LogP) is 2.46. The zero-order chi connectivity index (χ0) is 13.1. The van der Waals surface area contributed by atoms with Gasteiger partial charge >= 0.3 is 0 Å². The molecule has 0 aliphatic rings. The second-order valence-corrected chi connectivity index (χ2v) is 4.41. The Morgan fingerprint density at radius 2 is 1.78 bits per heavy atom. The van der Waals surface area contributed by atoms with Crippen LogP contribution in [-0.2, 0) is 6.42 Å². The van der Waals surface area contributed by atoms with Crippen LogP contribution in [0.2, 0.25) is 0 Å². The van der Waals surface area contributed by atoms with Crippen molar-refractivity contribution in [2.24, 2.45) is 0 Å². The molecule has 0 radical (unpaired) electrons. The van der Waals surface area contributed by atoms with Gasteiger partial charge in [-0.1, -0.05) is 18.2 Å². The molecule has 1 aromatic heterocycles. The summed E-state index contributed by atoms with van der Waals surface area (Å²) in [7, 11) is 3.84. The summed E-state index contributed by atoms with van der Waals surface area (Å²) >= 11 is 0. The lowest BCUT2D eigenvalue weighted by molar-refractivity contribution is 0.627. The van der Waals surface area contributed by atoms with E-state index in [1.807, 2.05) is 31.1 Å². The van der Waals surface area contributed by atoms with E-state index >= 15 is 0 Å². The molecule has 18 heavy (non-hydrogen) atoms. The highest BCUT2D eigenvalue weighted by atomic mass is 19.1. The number of benzene rings is 1. The summed E-state index contributed by atoms with van der Waals surface area (Å²) < 4.78 is 12.8. The van der Waals surface area contributed by atoms with Gasteiger partial charge in [0, 0.05) is 20.5 Å². The lowest BCUT2D eigenvalue weighted by Gasteiger charge is -2.13. The molecule has 3 nitrogen and oxygen atoms in total. The molecule has 0 fully saturated rings. The van der Waals surface area contributed by atoms with E-state index in [0.29, 0.717) is 12.2 Å². The molecule has 0 aliphatic carbocycles. The molecule has 1 aromatic carbocycles. The van der Waals surface area contributed by atoms with Crippen molar-refractivity contribution in [2.75, 3.05) is 24.7 Å². The molecule has 2 aromatic rings. The maximum absolute atomic E-state index is 12.8. The quantitative estimate of drug-likeness (QED) is 0.903. The topological polar surface area (TPSA) is 42.1 Å². The van der Waals surface area contributed by atoms with Crippen molar-refractivity contribution in [2.45, 2.75) is 6.42 Å². The van der Waals surface area contributed by atoms with Crippen LogP contribution in [0.4, 0.5) is 16.0 Å². The molecule has 0 amide bonds. The van der Waals surface area contributed by atoms with E-state index in [4.69, 9.17) is 5.73 Å². The Hall–Kier alpha value is -2.10. The summed E-state index contributed by atoms with van der Waals surface area (Å²) in [6, 6.07) is 10.3. The minimum atomic E-state index is -0.229. The van der Waals surface area contributed by atoms with Crippen LogP contribution in [0.3, 0.4) is 0 Å². The summed E-state index contributed by atoms with van der Waals surface area (Å²) in [4.78, 5) is 6.22. The number of halogens is 1. The molecule has 0 atom stereocenters. The van der Waals surface area contributed by atoms with Gasteiger partial charge in [0.05, 0.1) is 0 Å². The number of nitrogen functional groups attached to an aromatic ring is 1. The number of aromatic nitrogens is 1. The van der Waals surface area contributed by atoms with Gasteiger partial charge in [-0.3, -0.25) is 0 Å². The Balaban J connectivity index is 2.22. The molecular weight excluding hydrogens is 229 g/mol. The first-order valence-corrected chi connectivity index (χ1v) is 5.73. The largest absolute Gasteiger partial charge is 0.383 e. The molecule has 0 bridgehead atoms. The van der Waals surface area contributed by atoms with E-state index in [1.54, 1.807) is 12.1 Å². The number of rotatable bonds is 3. The van der Waals surface area contributed by atoms with E-state index in [9.17, 15) is 4.39 Å². The smallest absolute Gasteiger partial charge is 0.130 e. The van der Waals surface area contributed by atoms with Crippen molar-refractivity contribution in [1.29, 1.82) is 0 Å². The number of hydrogen-bond acceptors (Lipinski definition) is 3. The minimum absolute atomic E-state index is 0.229. The summed E-state index contributed by atoms with van der Waals surface area (Å²) in [5, 5.41) is 0. The maximum atomic E-state index is 12.8. The summed E-state index contributed by atoms with van der Waals surface area (Å²) in [5.74, 6) is 1.12. The second-order valence-electron chi connectivity index (χ2n) is 4.41. The van der Waals surface area contributed by atoms with Crippen LogP contribution in [0, 0.1) is 5.82 Å². The van der Waals surface area contributed by atoms with Crippen molar-refractivity contribution in [3.8, 4) is 0 Å². The van der Waals surface area contributed by atoms with Crippen LogP contribution in [0.1, 0.15) is 11.1 Å². The Morgan fingerprint density at radius 1 is 1.11 bits per heavy atom. The van der Waals surface area contributed by atoms with Crippen LogP contribution in [0.25, 0.3) is 0 Å². The van der Waals surface area contributed by atoms with E-state index in [-0.39, 0.29) is 5.82 Å². The van der Waals surface area contributed by atoms with Gasteiger partial charge in [-0.15, -0.1) is 0 Å². The van der Waals surface area contributed by atoms with E-state index < -0.39 is 0 Å². The molecule has 2 rings (SSSR count). The average Bonchev–Trinajstić information content (AvgIpc) is 2.34. The molecule has 2 N–H and O–H groups in total. The highest BCUT2D eigenvalue weighted by Gasteiger charge is 2.05. The first kappa shape index (κ1) is 12.4. The molecule has 94 valence electrons. The van der Waals surface area contributed by atoms with Crippen LogP contribution in [0.5, 0.6) is 0 Å². The average molecular weight is 245 g/mol. The van der Waals surface area contributed by atoms with E-state index in [2.05, 4.69) is 4.98 Å². The molecule has 0 unspecified atom stereocenters. The molecule has 0 aliphatic heterocycles.